The van der Waals surface area contributed by atoms with Gasteiger partial charge >= 0.3 is 5.97 Å². The van der Waals surface area contributed by atoms with Crippen LogP contribution in [0.15, 0.2) is 48.5 Å². The zero-order chi connectivity index (χ0) is 21.1. The van der Waals surface area contributed by atoms with Crippen LogP contribution < -0.4 is 15.0 Å². The predicted octanol–water partition coefficient (Wildman–Crippen LogP) is 2.33. The number of benzene rings is 2. The van der Waals surface area contributed by atoms with Gasteiger partial charge in [-0.2, -0.15) is 0 Å². The standard InChI is InChI=1S/C22H20N2O6/c25-17(14-5-3-6-15(11-14)24-10-4-9-20(24)26)13-29-21(27)12-19-22(28)23-16-7-1-2-8-18(16)30-19/h1-3,5-8,11,19H,4,9-10,12-13H2,(H,23,28)/t19-/m0/s1. The van der Waals surface area contributed by atoms with Gasteiger partial charge in [-0.3, -0.25) is 19.2 Å². The number of para-hydroxylation sites is 2. The van der Waals surface area contributed by atoms with Crippen molar-refractivity contribution in [2.24, 2.45) is 0 Å². The number of Topliss-reactive ketones (excluding diaryl/α,β-unsaturated/α-hetero) is 1. The molecule has 0 bridgehead atoms. The number of hydrogen-bond donors (Lipinski definition) is 1. The van der Waals surface area contributed by atoms with Crippen molar-refractivity contribution in [2.45, 2.75) is 25.4 Å². The number of amides is 2. The van der Waals surface area contributed by atoms with Crippen LogP contribution in [0.2, 0.25) is 0 Å². The van der Waals surface area contributed by atoms with Gasteiger partial charge < -0.3 is 19.7 Å². The minimum atomic E-state index is -1.02. The Labute approximate surface area is 172 Å². The summed E-state index contributed by atoms with van der Waals surface area (Å²) in [6.45, 7) is 0.166. The first kappa shape index (κ1) is 19.6. The Morgan fingerprint density at radius 2 is 1.97 bits per heavy atom. The smallest absolute Gasteiger partial charge is 0.310 e. The van der Waals surface area contributed by atoms with Gasteiger partial charge in [0.25, 0.3) is 5.91 Å². The number of carbonyl (C=O) groups excluding carboxylic acids is 4. The van der Waals surface area contributed by atoms with Gasteiger partial charge in [0, 0.05) is 24.2 Å². The van der Waals surface area contributed by atoms with Crippen molar-refractivity contribution < 1.29 is 28.7 Å². The highest BCUT2D eigenvalue weighted by atomic mass is 16.5. The molecule has 8 heteroatoms. The highest BCUT2D eigenvalue weighted by molar-refractivity contribution is 6.02. The monoisotopic (exact) mass is 408 g/mol. The van der Waals surface area contributed by atoms with Crippen molar-refractivity contribution in [3.8, 4) is 5.75 Å². The molecule has 8 nitrogen and oxygen atoms in total. The number of nitrogens with zero attached hydrogens (tertiary/aromatic N) is 1. The third kappa shape index (κ3) is 4.17. The molecule has 2 aromatic carbocycles. The number of fused-ring (bicyclic) bond motifs is 1. The van der Waals surface area contributed by atoms with E-state index in [0.717, 1.165) is 6.42 Å². The number of ether oxygens (including phenoxy) is 2. The molecule has 30 heavy (non-hydrogen) atoms. The van der Waals surface area contributed by atoms with Gasteiger partial charge in [-0.05, 0) is 30.7 Å². The molecule has 0 aliphatic carbocycles. The van der Waals surface area contributed by atoms with Crippen LogP contribution in [0.1, 0.15) is 29.6 Å². The van der Waals surface area contributed by atoms with Gasteiger partial charge in [0.05, 0.1) is 12.1 Å². The highest BCUT2D eigenvalue weighted by Crippen LogP contribution is 2.29. The Balaban J connectivity index is 1.33. The first-order valence-corrected chi connectivity index (χ1v) is 9.67. The zero-order valence-corrected chi connectivity index (χ0v) is 16.1. The number of anilines is 2. The van der Waals surface area contributed by atoms with Crippen molar-refractivity contribution in [3.05, 3.63) is 54.1 Å². The van der Waals surface area contributed by atoms with Crippen molar-refractivity contribution in [1.82, 2.24) is 0 Å². The molecule has 2 heterocycles. The zero-order valence-electron chi connectivity index (χ0n) is 16.1. The molecule has 2 aliphatic rings. The fourth-order valence-electron chi connectivity index (χ4n) is 3.44. The second kappa shape index (κ2) is 8.36. The van der Waals surface area contributed by atoms with E-state index in [1.807, 2.05) is 0 Å². The number of ketones is 1. The molecule has 1 saturated heterocycles. The first-order chi connectivity index (χ1) is 14.5. The maximum atomic E-state index is 12.4. The normalized spacial score (nSPS) is 17.7. The summed E-state index contributed by atoms with van der Waals surface area (Å²) in [5, 5.41) is 2.67. The Hall–Kier alpha value is -3.68. The summed E-state index contributed by atoms with van der Waals surface area (Å²) in [4.78, 5) is 50.2. The molecule has 0 unspecified atom stereocenters. The molecule has 0 radical (unpaired) electrons. The second-order valence-electron chi connectivity index (χ2n) is 7.08. The van der Waals surface area contributed by atoms with Gasteiger partial charge in [0.2, 0.25) is 5.91 Å². The second-order valence-corrected chi connectivity index (χ2v) is 7.08. The Kier molecular flexibility index (Phi) is 5.47. The van der Waals surface area contributed by atoms with E-state index in [9.17, 15) is 19.2 Å². The minimum Gasteiger partial charge on any atom is -0.478 e. The van der Waals surface area contributed by atoms with Crippen molar-refractivity contribution in [1.29, 1.82) is 0 Å². The lowest BCUT2D eigenvalue weighted by Gasteiger charge is -2.25. The van der Waals surface area contributed by atoms with Crippen LogP contribution in [0, 0.1) is 0 Å². The number of esters is 1. The van der Waals surface area contributed by atoms with Gasteiger partial charge in [0.15, 0.2) is 18.5 Å². The maximum absolute atomic E-state index is 12.4. The average Bonchev–Trinajstić information content (AvgIpc) is 3.18. The molecule has 1 atom stereocenters. The SMILES string of the molecule is O=C(C[C@@H]1Oc2ccccc2NC1=O)OCC(=O)c1cccc(N2CCCC2=O)c1. The number of nitrogens with one attached hydrogen (secondary N) is 1. The van der Waals surface area contributed by atoms with E-state index in [4.69, 9.17) is 9.47 Å². The molecule has 2 amide bonds. The molecular weight excluding hydrogens is 388 g/mol. The van der Waals surface area contributed by atoms with E-state index in [2.05, 4.69) is 5.32 Å². The summed E-state index contributed by atoms with van der Waals surface area (Å²) in [7, 11) is 0. The van der Waals surface area contributed by atoms with E-state index < -0.39 is 30.4 Å². The third-order valence-corrected chi connectivity index (χ3v) is 4.98. The quantitative estimate of drug-likeness (QED) is 0.581. The highest BCUT2D eigenvalue weighted by Gasteiger charge is 2.30. The topological polar surface area (TPSA) is 102 Å². The van der Waals surface area contributed by atoms with Crippen LogP contribution in [0.3, 0.4) is 0 Å². The van der Waals surface area contributed by atoms with Gasteiger partial charge in [-0.1, -0.05) is 24.3 Å². The van der Waals surface area contributed by atoms with Crippen LogP contribution in [-0.2, 0) is 19.1 Å². The van der Waals surface area contributed by atoms with Gasteiger partial charge in [-0.25, -0.2) is 0 Å². The van der Waals surface area contributed by atoms with E-state index in [1.54, 1.807) is 53.4 Å². The molecule has 0 aromatic heterocycles. The molecule has 154 valence electrons. The van der Waals surface area contributed by atoms with E-state index in [-0.39, 0.29) is 12.3 Å². The van der Waals surface area contributed by atoms with Crippen molar-refractivity contribution in [2.75, 3.05) is 23.4 Å². The Morgan fingerprint density at radius 1 is 1.13 bits per heavy atom. The lowest BCUT2D eigenvalue weighted by molar-refractivity contribution is -0.146. The number of carbonyl (C=O) groups is 4. The predicted molar refractivity (Wildman–Crippen MR) is 107 cm³/mol. The first-order valence-electron chi connectivity index (χ1n) is 9.67. The van der Waals surface area contributed by atoms with Crippen LogP contribution in [0.25, 0.3) is 0 Å². The average molecular weight is 408 g/mol. The summed E-state index contributed by atoms with van der Waals surface area (Å²) >= 11 is 0. The minimum absolute atomic E-state index is 0.0263. The fraction of sp³-hybridized carbons (Fsp3) is 0.273. The molecule has 2 aromatic rings. The molecule has 1 N–H and O–H groups in total. The van der Waals surface area contributed by atoms with Crippen molar-refractivity contribution in [3.63, 3.8) is 0 Å². The lowest BCUT2D eigenvalue weighted by Crippen LogP contribution is -2.39. The van der Waals surface area contributed by atoms with E-state index in [1.165, 1.54) is 0 Å². The molecule has 1 fully saturated rings. The molecule has 4 rings (SSSR count). The van der Waals surface area contributed by atoms with Gasteiger partial charge in [0.1, 0.15) is 5.75 Å². The molecular formula is C22H20N2O6. The van der Waals surface area contributed by atoms with Crippen LogP contribution in [-0.4, -0.2) is 42.8 Å². The van der Waals surface area contributed by atoms with Crippen LogP contribution in [0.4, 0.5) is 11.4 Å². The Bertz CT molecular complexity index is 1020. The van der Waals surface area contributed by atoms with Gasteiger partial charge in [-0.15, -0.1) is 0 Å². The van der Waals surface area contributed by atoms with E-state index >= 15 is 0 Å². The summed E-state index contributed by atoms with van der Waals surface area (Å²) < 4.78 is 10.6. The summed E-state index contributed by atoms with van der Waals surface area (Å²) in [6, 6.07) is 13.6. The summed E-state index contributed by atoms with van der Waals surface area (Å²) in [5.74, 6) is -1.05. The largest absolute Gasteiger partial charge is 0.478 e. The lowest BCUT2D eigenvalue weighted by atomic mass is 10.1. The van der Waals surface area contributed by atoms with Crippen LogP contribution >= 0.6 is 0 Å². The Morgan fingerprint density at radius 3 is 2.77 bits per heavy atom. The molecule has 0 saturated carbocycles. The molecule has 2 aliphatic heterocycles. The van der Waals surface area contributed by atoms with Crippen molar-refractivity contribution >= 4 is 34.9 Å². The number of rotatable bonds is 6. The summed E-state index contributed by atoms with van der Waals surface area (Å²) in [5.41, 5.74) is 1.54. The molecule has 0 spiro atoms. The fourth-order valence-corrected chi connectivity index (χ4v) is 3.44. The van der Waals surface area contributed by atoms with Crippen LogP contribution in [0.5, 0.6) is 5.75 Å². The number of hydrogen-bond acceptors (Lipinski definition) is 6. The third-order valence-electron chi connectivity index (χ3n) is 4.98. The maximum Gasteiger partial charge on any atom is 0.310 e. The van der Waals surface area contributed by atoms with E-state index in [0.29, 0.717) is 35.7 Å². The summed E-state index contributed by atoms with van der Waals surface area (Å²) in [6.07, 6.45) is -0.0463.